The van der Waals surface area contributed by atoms with Crippen molar-refractivity contribution in [2.75, 3.05) is 0 Å². The Balaban J connectivity index is 1.89. The summed E-state index contributed by atoms with van der Waals surface area (Å²) in [6.07, 6.45) is 9.54. The maximum Gasteiger partial charge on any atom is 0.356 e. The van der Waals surface area contributed by atoms with E-state index in [0.29, 0.717) is 17.3 Å². The lowest BCUT2D eigenvalue weighted by Crippen LogP contribution is -2.01. The Bertz CT molecular complexity index is 1010. The summed E-state index contributed by atoms with van der Waals surface area (Å²) in [4.78, 5) is 32.3. The SMILES string of the molecule is O=C(O)c1cn(-c2cc(-c3cccnc3)nc(-c3ccncc3)n2)cn1. The first-order chi connectivity index (χ1) is 12.7. The molecule has 26 heavy (non-hydrogen) atoms. The largest absolute Gasteiger partial charge is 0.476 e. The molecule has 0 saturated heterocycles. The number of imidazole rings is 1. The van der Waals surface area contributed by atoms with Gasteiger partial charge < -0.3 is 5.11 Å². The van der Waals surface area contributed by atoms with E-state index in [9.17, 15) is 4.79 Å². The molecule has 8 nitrogen and oxygen atoms in total. The summed E-state index contributed by atoms with van der Waals surface area (Å²) in [5.74, 6) is -0.0976. The molecule has 0 aliphatic heterocycles. The highest BCUT2D eigenvalue weighted by Crippen LogP contribution is 2.23. The monoisotopic (exact) mass is 344 g/mol. The number of carboxylic acid groups (broad SMARTS) is 1. The van der Waals surface area contributed by atoms with E-state index in [2.05, 4.69) is 24.9 Å². The van der Waals surface area contributed by atoms with Crippen molar-refractivity contribution in [1.82, 2.24) is 29.5 Å². The molecule has 4 rings (SSSR count). The fourth-order valence-corrected chi connectivity index (χ4v) is 2.42. The van der Waals surface area contributed by atoms with Crippen LogP contribution in [0.25, 0.3) is 28.5 Å². The van der Waals surface area contributed by atoms with Crippen LogP contribution in [0, 0.1) is 0 Å². The molecule has 0 amide bonds. The van der Waals surface area contributed by atoms with Gasteiger partial charge in [0.2, 0.25) is 0 Å². The van der Waals surface area contributed by atoms with Gasteiger partial charge in [-0.2, -0.15) is 0 Å². The molecule has 0 spiro atoms. The minimum atomic E-state index is -1.10. The van der Waals surface area contributed by atoms with Crippen LogP contribution in [-0.4, -0.2) is 40.6 Å². The van der Waals surface area contributed by atoms with Crippen molar-refractivity contribution < 1.29 is 9.90 Å². The number of hydrogen-bond donors (Lipinski definition) is 1. The van der Waals surface area contributed by atoms with E-state index in [4.69, 9.17) is 5.11 Å². The molecule has 4 aromatic rings. The molecule has 1 N–H and O–H groups in total. The second kappa shape index (κ2) is 6.52. The molecular formula is C18H12N6O2. The minimum absolute atomic E-state index is 0.0583. The highest BCUT2D eigenvalue weighted by molar-refractivity contribution is 5.85. The van der Waals surface area contributed by atoms with Gasteiger partial charge in [-0.15, -0.1) is 0 Å². The fraction of sp³-hybridized carbons (Fsp3) is 0. The third kappa shape index (κ3) is 3.03. The molecule has 0 aliphatic carbocycles. The van der Waals surface area contributed by atoms with Crippen molar-refractivity contribution in [1.29, 1.82) is 0 Å². The normalized spacial score (nSPS) is 10.6. The van der Waals surface area contributed by atoms with Crippen LogP contribution in [0.1, 0.15) is 10.5 Å². The molecule has 0 radical (unpaired) electrons. The second-order valence-electron chi connectivity index (χ2n) is 5.38. The topological polar surface area (TPSA) is 107 Å². The highest BCUT2D eigenvalue weighted by Gasteiger charge is 2.13. The third-order valence-electron chi connectivity index (χ3n) is 3.67. The molecule has 4 heterocycles. The summed E-state index contributed by atoms with van der Waals surface area (Å²) in [6.45, 7) is 0. The predicted molar refractivity (Wildman–Crippen MR) is 92.6 cm³/mol. The van der Waals surface area contributed by atoms with E-state index < -0.39 is 5.97 Å². The Kier molecular flexibility index (Phi) is 3.91. The second-order valence-corrected chi connectivity index (χ2v) is 5.38. The quantitative estimate of drug-likeness (QED) is 0.606. The number of carboxylic acids is 1. The van der Waals surface area contributed by atoms with E-state index in [-0.39, 0.29) is 5.69 Å². The Morgan fingerprint density at radius 3 is 2.54 bits per heavy atom. The lowest BCUT2D eigenvalue weighted by molar-refractivity contribution is 0.0691. The van der Waals surface area contributed by atoms with Gasteiger partial charge in [0, 0.05) is 48.2 Å². The van der Waals surface area contributed by atoms with Crippen LogP contribution in [-0.2, 0) is 0 Å². The molecule has 0 aliphatic rings. The molecule has 0 fully saturated rings. The smallest absolute Gasteiger partial charge is 0.356 e. The van der Waals surface area contributed by atoms with Crippen LogP contribution in [0.15, 0.2) is 67.6 Å². The zero-order valence-electron chi connectivity index (χ0n) is 13.4. The summed E-state index contributed by atoms with van der Waals surface area (Å²) in [5, 5.41) is 9.09. The average molecular weight is 344 g/mol. The van der Waals surface area contributed by atoms with Crippen LogP contribution in [0.5, 0.6) is 0 Å². The molecule has 0 unspecified atom stereocenters. The lowest BCUT2D eigenvalue weighted by atomic mass is 10.2. The van der Waals surface area contributed by atoms with Gasteiger partial charge in [0.15, 0.2) is 11.5 Å². The Morgan fingerprint density at radius 1 is 1.00 bits per heavy atom. The molecule has 4 aromatic heterocycles. The van der Waals surface area contributed by atoms with Gasteiger partial charge in [0.05, 0.1) is 5.69 Å². The summed E-state index contributed by atoms with van der Waals surface area (Å²) < 4.78 is 1.55. The van der Waals surface area contributed by atoms with E-state index in [1.54, 1.807) is 35.4 Å². The standard InChI is InChI=1S/C18H12N6O2/c25-18(26)15-10-24(11-21-15)16-8-14(13-2-1-5-20-9-13)22-17(23-16)12-3-6-19-7-4-12/h1-11H,(H,25,26). The minimum Gasteiger partial charge on any atom is -0.476 e. The first-order valence-corrected chi connectivity index (χ1v) is 7.68. The van der Waals surface area contributed by atoms with Gasteiger partial charge in [-0.1, -0.05) is 0 Å². The highest BCUT2D eigenvalue weighted by atomic mass is 16.4. The van der Waals surface area contributed by atoms with E-state index >= 15 is 0 Å². The number of aromatic nitrogens is 6. The summed E-state index contributed by atoms with van der Waals surface area (Å²) in [6, 6.07) is 9.09. The number of nitrogens with zero attached hydrogens (tertiary/aromatic N) is 6. The maximum absolute atomic E-state index is 11.1. The zero-order valence-corrected chi connectivity index (χ0v) is 13.4. The Morgan fingerprint density at radius 2 is 1.85 bits per heavy atom. The molecule has 8 heteroatoms. The molecule has 0 atom stereocenters. The summed E-state index contributed by atoms with van der Waals surface area (Å²) in [5.41, 5.74) is 2.23. The van der Waals surface area contributed by atoms with Crippen LogP contribution < -0.4 is 0 Å². The van der Waals surface area contributed by atoms with Crippen molar-refractivity contribution in [3.05, 3.63) is 73.3 Å². The molecule has 0 aromatic carbocycles. The van der Waals surface area contributed by atoms with E-state index in [1.165, 1.54) is 12.5 Å². The summed E-state index contributed by atoms with van der Waals surface area (Å²) >= 11 is 0. The van der Waals surface area contributed by atoms with Crippen LogP contribution >= 0.6 is 0 Å². The maximum atomic E-state index is 11.1. The first kappa shape index (κ1) is 15.6. The van der Waals surface area contributed by atoms with E-state index in [1.807, 2.05) is 24.3 Å². The summed E-state index contributed by atoms with van der Waals surface area (Å²) in [7, 11) is 0. The fourth-order valence-electron chi connectivity index (χ4n) is 2.42. The number of carbonyl (C=O) groups is 1. The van der Waals surface area contributed by atoms with Gasteiger partial charge >= 0.3 is 5.97 Å². The van der Waals surface area contributed by atoms with Gasteiger partial charge in [-0.05, 0) is 24.3 Å². The van der Waals surface area contributed by atoms with Crippen molar-refractivity contribution in [3.8, 4) is 28.5 Å². The van der Waals surface area contributed by atoms with Gasteiger partial charge in [-0.25, -0.2) is 19.7 Å². The number of pyridine rings is 2. The van der Waals surface area contributed by atoms with Crippen molar-refractivity contribution >= 4 is 5.97 Å². The molecular weight excluding hydrogens is 332 g/mol. The molecule has 126 valence electrons. The van der Waals surface area contributed by atoms with Crippen molar-refractivity contribution in [3.63, 3.8) is 0 Å². The van der Waals surface area contributed by atoms with Gasteiger partial charge in [0.1, 0.15) is 12.1 Å². The van der Waals surface area contributed by atoms with Crippen LogP contribution in [0.4, 0.5) is 0 Å². The number of rotatable bonds is 4. The van der Waals surface area contributed by atoms with Crippen molar-refractivity contribution in [2.24, 2.45) is 0 Å². The average Bonchev–Trinajstić information content (AvgIpc) is 3.20. The van der Waals surface area contributed by atoms with E-state index in [0.717, 1.165) is 11.1 Å². The third-order valence-corrected chi connectivity index (χ3v) is 3.67. The number of aromatic carboxylic acids is 1. The molecule has 0 saturated carbocycles. The Labute approximate surface area is 147 Å². The van der Waals surface area contributed by atoms with Crippen LogP contribution in [0.2, 0.25) is 0 Å². The zero-order chi connectivity index (χ0) is 17.9. The predicted octanol–water partition coefficient (Wildman–Crippen LogP) is 2.48. The molecule has 0 bridgehead atoms. The van der Waals surface area contributed by atoms with Gasteiger partial charge in [-0.3, -0.25) is 14.5 Å². The Hall–Kier alpha value is -3.94. The van der Waals surface area contributed by atoms with Gasteiger partial charge in [0.25, 0.3) is 0 Å². The lowest BCUT2D eigenvalue weighted by Gasteiger charge is -2.08. The first-order valence-electron chi connectivity index (χ1n) is 7.68. The number of hydrogen-bond acceptors (Lipinski definition) is 6. The van der Waals surface area contributed by atoms with Crippen molar-refractivity contribution in [2.45, 2.75) is 0 Å². The van der Waals surface area contributed by atoms with Crippen LogP contribution in [0.3, 0.4) is 0 Å².